The van der Waals surface area contributed by atoms with E-state index >= 15 is 0 Å². The molecule has 1 aromatic heterocycles. The highest BCUT2D eigenvalue weighted by Crippen LogP contribution is 2.32. The van der Waals surface area contributed by atoms with Gasteiger partial charge in [0.1, 0.15) is 5.01 Å². The summed E-state index contributed by atoms with van der Waals surface area (Å²) in [6.07, 6.45) is 1.83. The summed E-state index contributed by atoms with van der Waals surface area (Å²) in [6.45, 7) is 4.44. The van der Waals surface area contributed by atoms with Crippen molar-refractivity contribution in [3.8, 4) is 0 Å². The average molecular weight is 303 g/mol. The molecular weight excluding hydrogens is 282 g/mol. The molecule has 0 aliphatic carbocycles. The zero-order valence-corrected chi connectivity index (χ0v) is 13.4. The molecule has 1 unspecified atom stereocenters. The van der Waals surface area contributed by atoms with E-state index in [-0.39, 0.29) is 11.3 Å². The Morgan fingerprint density at radius 3 is 2.95 bits per heavy atom. The fourth-order valence-corrected chi connectivity index (χ4v) is 4.07. The van der Waals surface area contributed by atoms with Crippen LogP contribution in [0.4, 0.5) is 0 Å². The van der Waals surface area contributed by atoms with Crippen molar-refractivity contribution in [2.24, 2.45) is 5.41 Å². The second kappa shape index (κ2) is 5.73. The number of amides is 1. The topological polar surface area (TPSA) is 45.2 Å². The van der Waals surface area contributed by atoms with Gasteiger partial charge in [-0.2, -0.15) is 0 Å². The van der Waals surface area contributed by atoms with Crippen molar-refractivity contribution in [1.29, 1.82) is 0 Å². The molecule has 1 fully saturated rings. The maximum absolute atomic E-state index is 12.8. The van der Waals surface area contributed by atoms with Crippen LogP contribution in [0.15, 0.2) is 24.3 Å². The molecule has 4 nitrogen and oxygen atoms in total. The van der Waals surface area contributed by atoms with E-state index in [1.165, 1.54) is 4.70 Å². The molecule has 1 amide bonds. The predicted octanol–water partition coefficient (Wildman–Crippen LogP) is 2.64. The van der Waals surface area contributed by atoms with Gasteiger partial charge in [-0.05, 0) is 31.5 Å². The third kappa shape index (κ3) is 2.68. The van der Waals surface area contributed by atoms with Crippen LogP contribution in [-0.4, -0.2) is 35.9 Å². The van der Waals surface area contributed by atoms with Crippen LogP contribution in [0.2, 0.25) is 0 Å². The van der Waals surface area contributed by atoms with Crippen LogP contribution in [0.1, 0.15) is 24.8 Å². The Hall–Kier alpha value is -1.46. The minimum atomic E-state index is -0.217. The van der Waals surface area contributed by atoms with Gasteiger partial charge in [-0.15, -0.1) is 11.3 Å². The molecule has 1 aliphatic rings. The van der Waals surface area contributed by atoms with E-state index in [2.05, 4.69) is 23.3 Å². The zero-order chi connectivity index (χ0) is 14.9. The molecule has 5 heteroatoms. The van der Waals surface area contributed by atoms with E-state index in [9.17, 15) is 4.79 Å². The molecule has 2 heterocycles. The lowest BCUT2D eigenvalue weighted by Crippen LogP contribution is -2.42. The number of fused-ring (bicyclic) bond motifs is 1. The Labute approximate surface area is 129 Å². The summed E-state index contributed by atoms with van der Waals surface area (Å²) < 4.78 is 1.18. The lowest BCUT2D eigenvalue weighted by atomic mass is 9.83. The monoisotopic (exact) mass is 303 g/mol. The van der Waals surface area contributed by atoms with E-state index in [4.69, 9.17) is 0 Å². The number of aromatic nitrogens is 1. The van der Waals surface area contributed by atoms with Gasteiger partial charge in [-0.1, -0.05) is 19.1 Å². The van der Waals surface area contributed by atoms with Crippen LogP contribution in [0.5, 0.6) is 0 Å². The molecule has 0 radical (unpaired) electrons. The van der Waals surface area contributed by atoms with Crippen LogP contribution in [0.25, 0.3) is 10.2 Å². The average Bonchev–Trinajstić information content (AvgIpc) is 3.13. The van der Waals surface area contributed by atoms with E-state index < -0.39 is 0 Å². The van der Waals surface area contributed by atoms with E-state index in [0.717, 1.165) is 36.5 Å². The maximum atomic E-state index is 12.8. The first-order chi connectivity index (χ1) is 10.1. The smallest absolute Gasteiger partial charge is 0.230 e. The zero-order valence-electron chi connectivity index (χ0n) is 12.6. The number of hydrogen-bond acceptors (Lipinski definition) is 4. The van der Waals surface area contributed by atoms with Crippen molar-refractivity contribution in [3.63, 3.8) is 0 Å². The summed E-state index contributed by atoms with van der Waals surface area (Å²) in [6, 6.07) is 8.12. The molecule has 1 aliphatic heterocycles. The van der Waals surface area contributed by atoms with Gasteiger partial charge >= 0.3 is 0 Å². The van der Waals surface area contributed by atoms with Gasteiger partial charge in [0.25, 0.3) is 0 Å². The quantitative estimate of drug-likeness (QED) is 0.944. The Balaban J connectivity index is 1.76. The summed E-state index contributed by atoms with van der Waals surface area (Å²) >= 11 is 1.67. The predicted molar refractivity (Wildman–Crippen MR) is 86.3 cm³/mol. The SMILES string of the molecule is CCC1(C(=O)N(C)Cc2nc3ccccc3s2)CCNC1. The molecule has 1 aromatic carbocycles. The largest absolute Gasteiger partial charge is 0.338 e. The van der Waals surface area contributed by atoms with Crippen LogP contribution in [0.3, 0.4) is 0 Å². The van der Waals surface area contributed by atoms with Crippen molar-refractivity contribution in [2.75, 3.05) is 20.1 Å². The number of carbonyl (C=O) groups is 1. The number of carbonyl (C=O) groups excluding carboxylic acids is 1. The molecule has 0 saturated carbocycles. The standard InChI is InChI=1S/C16H21N3OS/c1-3-16(8-9-17-11-16)15(20)19(2)10-14-18-12-6-4-5-7-13(12)21-14/h4-7,17H,3,8-11H2,1-2H3. The normalized spacial score (nSPS) is 21.8. The Morgan fingerprint density at radius 2 is 2.29 bits per heavy atom. The third-order valence-corrected chi connectivity index (χ3v) is 5.45. The summed E-state index contributed by atoms with van der Waals surface area (Å²) in [7, 11) is 1.89. The fraction of sp³-hybridized carbons (Fsp3) is 0.500. The summed E-state index contributed by atoms with van der Waals surface area (Å²) in [5.41, 5.74) is 0.803. The molecular formula is C16H21N3OS. The van der Waals surface area contributed by atoms with E-state index in [1.54, 1.807) is 11.3 Å². The van der Waals surface area contributed by atoms with Gasteiger partial charge in [-0.25, -0.2) is 4.98 Å². The second-order valence-corrected chi connectivity index (χ2v) is 6.91. The molecule has 0 bridgehead atoms. The molecule has 112 valence electrons. The lowest BCUT2D eigenvalue weighted by molar-refractivity contribution is -0.140. The lowest BCUT2D eigenvalue weighted by Gasteiger charge is -2.30. The van der Waals surface area contributed by atoms with E-state index in [1.807, 2.05) is 30.1 Å². The van der Waals surface area contributed by atoms with Gasteiger partial charge in [-0.3, -0.25) is 4.79 Å². The van der Waals surface area contributed by atoms with Gasteiger partial charge in [0.2, 0.25) is 5.91 Å². The highest BCUT2D eigenvalue weighted by atomic mass is 32.1. The van der Waals surface area contributed by atoms with Gasteiger partial charge in [0.15, 0.2) is 0 Å². The Morgan fingerprint density at radius 1 is 1.48 bits per heavy atom. The number of rotatable bonds is 4. The molecule has 3 rings (SSSR count). The summed E-state index contributed by atoms with van der Waals surface area (Å²) in [5, 5.41) is 4.33. The summed E-state index contributed by atoms with van der Waals surface area (Å²) in [4.78, 5) is 19.2. The van der Waals surface area contributed by atoms with Gasteiger partial charge in [0.05, 0.1) is 22.2 Å². The molecule has 1 atom stereocenters. The molecule has 21 heavy (non-hydrogen) atoms. The first kappa shape index (κ1) is 14.5. The first-order valence-corrected chi connectivity index (χ1v) is 8.27. The Kier molecular flexibility index (Phi) is 3.95. The van der Waals surface area contributed by atoms with Crippen molar-refractivity contribution in [3.05, 3.63) is 29.3 Å². The minimum Gasteiger partial charge on any atom is -0.338 e. The number of thiazole rings is 1. The van der Waals surface area contributed by atoms with Crippen molar-refractivity contribution in [2.45, 2.75) is 26.3 Å². The van der Waals surface area contributed by atoms with Crippen molar-refractivity contribution >= 4 is 27.5 Å². The fourth-order valence-electron chi connectivity index (χ4n) is 3.05. The number of benzene rings is 1. The van der Waals surface area contributed by atoms with Crippen LogP contribution < -0.4 is 5.32 Å². The van der Waals surface area contributed by atoms with Crippen LogP contribution >= 0.6 is 11.3 Å². The van der Waals surface area contributed by atoms with E-state index in [0.29, 0.717) is 6.54 Å². The van der Waals surface area contributed by atoms with Crippen molar-refractivity contribution < 1.29 is 4.79 Å². The van der Waals surface area contributed by atoms with Gasteiger partial charge in [0, 0.05) is 13.6 Å². The van der Waals surface area contributed by atoms with Crippen LogP contribution in [-0.2, 0) is 11.3 Å². The maximum Gasteiger partial charge on any atom is 0.230 e. The molecule has 1 saturated heterocycles. The van der Waals surface area contributed by atoms with Gasteiger partial charge < -0.3 is 10.2 Å². The van der Waals surface area contributed by atoms with Crippen LogP contribution in [0, 0.1) is 5.41 Å². The number of nitrogens with one attached hydrogen (secondary N) is 1. The highest BCUT2D eigenvalue weighted by Gasteiger charge is 2.41. The Bertz CT molecular complexity index is 613. The molecule has 0 spiro atoms. The number of hydrogen-bond donors (Lipinski definition) is 1. The third-order valence-electron chi connectivity index (χ3n) is 4.43. The molecule has 2 aromatic rings. The number of para-hydroxylation sites is 1. The number of nitrogens with zero attached hydrogens (tertiary/aromatic N) is 2. The highest BCUT2D eigenvalue weighted by molar-refractivity contribution is 7.18. The second-order valence-electron chi connectivity index (χ2n) is 5.80. The minimum absolute atomic E-state index is 0.217. The summed E-state index contributed by atoms with van der Waals surface area (Å²) in [5.74, 6) is 0.245. The first-order valence-electron chi connectivity index (χ1n) is 7.45. The molecule has 1 N–H and O–H groups in total. The van der Waals surface area contributed by atoms with Crippen molar-refractivity contribution in [1.82, 2.24) is 15.2 Å².